The topological polar surface area (TPSA) is 88.1 Å². The SMILES string of the molecule is CCc1nc(CS(=O)(=O)c2ccccc2Cl)ccc1-c1cc(CC)c2nc(NC3CCC(N(C)C)CC3)ncc2c1. The summed E-state index contributed by atoms with van der Waals surface area (Å²) < 4.78 is 26.1. The van der Waals surface area contributed by atoms with Gasteiger partial charge in [-0.3, -0.25) is 4.98 Å². The quantitative estimate of drug-likeness (QED) is 0.231. The van der Waals surface area contributed by atoms with E-state index in [2.05, 4.69) is 48.4 Å². The van der Waals surface area contributed by atoms with Crippen LogP contribution in [0.1, 0.15) is 56.5 Å². The van der Waals surface area contributed by atoms with Crippen molar-refractivity contribution in [2.24, 2.45) is 0 Å². The zero-order valence-electron chi connectivity index (χ0n) is 24.2. The minimum Gasteiger partial charge on any atom is -0.351 e. The lowest BCUT2D eigenvalue weighted by Gasteiger charge is -2.33. The van der Waals surface area contributed by atoms with Crippen molar-refractivity contribution >= 4 is 38.3 Å². The minimum absolute atomic E-state index is 0.128. The molecule has 7 nitrogen and oxygen atoms in total. The van der Waals surface area contributed by atoms with Crippen LogP contribution in [0.3, 0.4) is 0 Å². The average molecular weight is 592 g/mol. The van der Waals surface area contributed by atoms with E-state index in [1.807, 2.05) is 19.2 Å². The highest BCUT2D eigenvalue weighted by atomic mass is 35.5. The van der Waals surface area contributed by atoms with E-state index >= 15 is 0 Å². The molecule has 0 saturated heterocycles. The van der Waals surface area contributed by atoms with Crippen molar-refractivity contribution in [1.29, 1.82) is 0 Å². The van der Waals surface area contributed by atoms with Gasteiger partial charge in [0.2, 0.25) is 5.95 Å². The first kappa shape index (κ1) is 29.4. The second-order valence-corrected chi connectivity index (χ2v) is 13.4. The van der Waals surface area contributed by atoms with Gasteiger partial charge < -0.3 is 10.2 Å². The molecule has 1 aliphatic rings. The smallest absolute Gasteiger partial charge is 0.223 e. The van der Waals surface area contributed by atoms with Gasteiger partial charge in [0.1, 0.15) is 0 Å². The van der Waals surface area contributed by atoms with E-state index in [9.17, 15) is 8.42 Å². The largest absolute Gasteiger partial charge is 0.351 e. The van der Waals surface area contributed by atoms with Crippen molar-refractivity contribution in [3.63, 3.8) is 0 Å². The molecular formula is C32H38ClN5O2S. The Morgan fingerprint density at radius 3 is 2.41 bits per heavy atom. The molecule has 0 unspecified atom stereocenters. The van der Waals surface area contributed by atoms with Crippen LogP contribution in [0.2, 0.25) is 5.02 Å². The fourth-order valence-electron chi connectivity index (χ4n) is 5.76. The van der Waals surface area contributed by atoms with Crippen LogP contribution in [0, 0.1) is 0 Å². The third-order valence-electron chi connectivity index (χ3n) is 8.09. The molecule has 41 heavy (non-hydrogen) atoms. The summed E-state index contributed by atoms with van der Waals surface area (Å²) in [6.45, 7) is 4.17. The molecule has 2 heterocycles. The van der Waals surface area contributed by atoms with Crippen LogP contribution in [-0.2, 0) is 28.4 Å². The first-order valence-electron chi connectivity index (χ1n) is 14.4. The summed E-state index contributed by atoms with van der Waals surface area (Å²) in [4.78, 5) is 16.8. The van der Waals surface area contributed by atoms with Crippen LogP contribution in [0.5, 0.6) is 0 Å². The molecule has 1 saturated carbocycles. The van der Waals surface area contributed by atoms with E-state index in [0.29, 0.717) is 30.1 Å². The van der Waals surface area contributed by atoms with Crippen LogP contribution < -0.4 is 5.32 Å². The van der Waals surface area contributed by atoms with E-state index in [1.165, 1.54) is 18.9 Å². The summed E-state index contributed by atoms with van der Waals surface area (Å²) in [5, 5.41) is 4.78. The lowest BCUT2D eigenvalue weighted by atomic mass is 9.90. The number of halogens is 1. The second-order valence-electron chi connectivity index (χ2n) is 11.1. The monoisotopic (exact) mass is 591 g/mol. The number of hydrogen-bond acceptors (Lipinski definition) is 7. The van der Waals surface area contributed by atoms with Crippen LogP contribution >= 0.6 is 11.6 Å². The maximum atomic E-state index is 13.1. The van der Waals surface area contributed by atoms with Gasteiger partial charge in [-0.2, -0.15) is 0 Å². The Bertz CT molecular complexity index is 1650. The number of hydrogen-bond donors (Lipinski definition) is 1. The number of benzene rings is 2. The highest BCUT2D eigenvalue weighted by Gasteiger charge is 2.23. The van der Waals surface area contributed by atoms with E-state index in [0.717, 1.165) is 52.5 Å². The highest BCUT2D eigenvalue weighted by Crippen LogP contribution is 2.31. The number of nitrogens with one attached hydrogen (secondary N) is 1. The molecule has 2 aromatic carbocycles. The maximum Gasteiger partial charge on any atom is 0.223 e. The number of sulfone groups is 1. The van der Waals surface area contributed by atoms with Gasteiger partial charge in [-0.15, -0.1) is 0 Å². The van der Waals surface area contributed by atoms with Crippen LogP contribution in [0.4, 0.5) is 5.95 Å². The predicted octanol–water partition coefficient (Wildman–Crippen LogP) is 6.73. The predicted molar refractivity (Wildman–Crippen MR) is 167 cm³/mol. The first-order valence-corrected chi connectivity index (χ1v) is 16.4. The molecule has 1 aliphatic carbocycles. The van der Waals surface area contributed by atoms with Crippen molar-refractivity contribution < 1.29 is 8.42 Å². The summed E-state index contributed by atoms with van der Waals surface area (Å²) >= 11 is 6.17. The summed E-state index contributed by atoms with van der Waals surface area (Å²) in [5.74, 6) is 0.482. The summed E-state index contributed by atoms with van der Waals surface area (Å²) in [6, 6.07) is 15.6. The number of pyridine rings is 1. The molecule has 0 aliphatic heterocycles. The molecule has 1 fully saturated rings. The molecule has 2 aromatic heterocycles. The zero-order chi connectivity index (χ0) is 29.1. The standard InChI is InChI=1S/C32H38ClN5O2S/c1-5-21-17-22(18-23-19-34-32(37-31(21)23)36-24-11-14-26(15-12-24)38(3)4)27-16-13-25(35-29(27)6-2)20-41(39,40)30-10-8-7-9-28(30)33/h7-10,13,16-19,24,26H,5-6,11-12,14-15,20H2,1-4H3,(H,34,36,37). The second kappa shape index (κ2) is 12.4. The molecule has 0 bridgehead atoms. The fraction of sp³-hybridized carbons (Fsp3) is 0.406. The molecule has 0 amide bonds. The average Bonchev–Trinajstić information content (AvgIpc) is 2.96. The van der Waals surface area contributed by atoms with E-state index < -0.39 is 9.84 Å². The first-order chi connectivity index (χ1) is 19.7. The summed E-state index contributed by atoms with van der Waals surface area (Å²) in [6.07, 6.45) is 8.00. The third-order valence-corrected chi connectivity index (χ3v) is 10.2. The lowest BCUT2D eigenvalue weighted by Crippen LogP contribution is -2.36. The Kier molecular flexibility index (Phi) is 8.92. The number of fused-ring (bicyclic) bond motifs is 1. The molecule has 9 heteroatoms. The van der Waals surface area contributed by atoms with Crippen molar-refractivity contribution in [3.8, 4) is 11.1 Å². The van der Waals surface area contributed by atoms with Crippen molar-refractivity contribution in [2.75, 3.05) is 19.4 Å². The van der Waals surface area contributed by atoms with Crippen LogP contribution in [-0.4, -0.2) is 54.4 Å². The fourth-order valence-corrected chi connectivity index (χ4v) is 7.61. The minimum atomic E-state index is -3.63. The number of anilines is 1. The normalized spacial score (nSPS) is 17.7. The van der Waals surface area contributed by atoms with Gasteiger partial charge in [0.25, 0.3) is 0 Å². The zero-order valence-corrected chi connectivity index (χ0v) is 25.8. The number of nitrogens with zero attached hydrogens (tertiary/aromatic N) is 4. The molecule has 0 radical (unpaired) electrons. The van der Waals surface area contributed by atoms with Crippen molar-refractivity contribution in [3.05, 3.63) is 76.7 Å². The Balaban J connectivity index is 1.40. The molecule has 0 spiro atoms. The van der Waals surface area contributed by atoms with Gasteiger partial charge in [0.05, 0.1) is 26.9 Å². The van der Waals surface area contributed by atoms with E-state index in [1.54, 1.807) is 24.3 Å². The Morgan fingerprint density at radius 1 is 0.976 bits per heavy atom. The third kappa shape index (κ3) is 6.55. The molecule has 4 aromatic rings. The number of rotatable bonds is 9. The van der Waals surface area contributed by atoms with E-state index in [-0.39, 0.29) is 15.7 Å². The van der Waals surface area contributed by atoms with Gasteiger partial charge in [0, 0.05) is 34.9 Å². The molecular weight excluding hydrogens is 554 g/mol. The van der Waals surface area contributed by atoms with Crippen LogP contribution in [0.15, 0.2) is 59.6 Å². The molecule has 216 valence electrons. The lowest BCUT2D eigenvalue weighted by molar-refractivity contribution is 0.221. The van der Waals surface area contributed by atoms with Gasteiger partial charge >= 0.3 is 0 Å². The van der Waals surface area contributed by atoms with Crippen molar-refractivity contribution in [2.45, 2.75) is 75.1 Å². The summed E-state index contributed by atoms with van der Waals surface area (Å²) in [5.41, 5.74) is 5.48. The van der Waals surface area contributed by atoms with Gasteiger partial charge in [-0.05, 0) is 94.1 Å². The van der Waals surface area contributed by atoms with Gasteiger partial charge in [-0.1, -0.05) is 43.6 Å². The van der Waals surface area contributed by atoms with Gasteiger partial charge in [0.15, 0.2) is 9.84 Å². The maximum absolute atomic E-state index is 13.1. The molecule has 1 N–H and O–H groups in total. The Hall–Kier alpha value is -3.07. The van der Waals surface area contributed by atoms with Crippen molar-refractivity contribution in [1.82, 2.24) is 19.9 Å². The summed E-state index contributed by atoms with van der Waals surface area (Å²) in [7, 11) is 0.691. The molecule has 0 atom stereocenters. The number of aryl methyl sites for hydroxylation is 2. The Labute approximate surface area is 248 Å². The number of aromatic nitrogens is 3. The highest BCUT2D eigenvalue weighted by molar-refractivity contribution is 7.90. The Morgan fingerprint density at radius 2 is 1.73 bits per heavy atom. The van der Waals surface area contributed by atoms with E-state index in [4.69, 9.17) is 21.6 Å². The van der Waals surface area contributed by atoms with Crippen LogP contribution in [0.25, 0.3) is 22.0 Å². The molecule has 5 rings (SSSR count). The van der Waals surface area contributed by atoms with Gasteiger partial charge in [-0.25, -0.2) is 18.4 Å².